The van der Waals surface area contributed by atoms with Gasteiger partial charge in [-0.1, -0.05) is 38.5 Å². The molecule has 2 atom stereocenters. The van der Waals surface area contributed by atoms with Gasteiger partial charge in [0.05, 0.1) is 6.10 Å². The molecule has 0 aliphatic heterocycles. The molecule has 1 heteroatoms. The van der Waals surface area contributed by atoms with Gasteiger partial charge in [0.25, 0.3) is 0 Å². The number of allylic oxidation sites excluding steroid dienone is 5. The fourth-order valence-corrected chi connectivity index (χ4v) is 1.15. The molecule has 0 saturated carbocycles. The summed E-state index contributed by atoms with van der Waals surface area (Å²) in [6.07, 6.45) is 11.4. The van der Waals surface area contributed by atoms with Crippen LogP contribution in [0.2, 0.25) is 0 Å². The zero-order valence-electron chi connectivity index (χ0n) is 10.7. The molecular formula is C14H24O. The Labute approximate surface area is 94.5 Å². The Balaban J connectivity index is 4.41. The SMILES string of the molecule is C\C=C/C=C(\C=C/C)OC(C)C(C)CC. The van der Waals surface area contributed by atoms with Crippen molar-refractivity contribution in [1.82, 2.24) is 0 Å². The van der Waals surface area contributed by atoms with Crippen molar-refractivity contribution >= 4 is 0 Å². The van der Waals surface area contributed by atoms with Gasteiger partial charge in [-0.2, -0.15) is 0 Å². The number of ether oxygens (including phenoxy) is 1. The third kappa shape index (κ3) is 6.16. The van der Waals surface area contributed by atoms with Gasteiger partial charge in [-0.15, -0.1) is 0 Å². The van der Waals surface area contributed by atoms with Crippen molar-refractivity contribution in [2.75, 3.05) is 0 Å². The second-order valence-electron chi connectivity index (χ2n) is 3.80. The van der Waals surface area contributed by atoms with Gasteiger partial charge in [-0.3, -0.25) is 0 Å². The summed E-state index contributed by atoms with van der Waals surface area (Å²) in [6.45, 7) is 10.5. The average molecular weight is 208 g/mol. The molecule has 1 nitrogen and oxygen atoms in total. The minimum absolute atomic E-state index is 0.266. The zero-order chi connectivity index (χ0) is 11.7. The maximum Gasteiger partial charge on any atom is 0.119 e. The van der Waals surface area contributed by atoms with Crippen LogP contribution >= 0.6 is 0 Å². The third-order valence-corrected chi connectivity index (χ3v) is 2.55. The summed E-state index contributed by atoms with van der Waals surface area (Å²) in [4.78, 5) is 0. The number of hydrogen-bond acceptors (Lipinski definition) is 1. The lowest BCUT2D eigenvalue weighted by Gasteiger charge is -2.20. The summed E-state index contributed by atoms with van der Waals surface area (Å²) >= 11 is 0. The molecule has 0 aromatic heterocycles. The lowest BCUT2D eigenvalue weighted by Crippen LogP contribution is -2.16. The van der Waals surface area contributed by atoms with E-state index in [9.17, 15) is 0 Å². The maximum absolute atomic E-state index is 5.87. The van der Waals surface area contributed by atoms with E-state index in [2.05, 4.69) is 20.8 Å². The fraction of sp³-hybridized carbons (Fsp3) is 0.571. The lowest BCUT2D eigenvalue weighted by molar-refractivity contribution is 0.0917. The molecule has 0 spiro atoms. The van der Waals surface area contributed by atoms with Gasteiger partial charge in [0.15, 0.2) is 0 Å². The highest BCUT2D eigenvalue weighted by Gasteiger charge is 2.11. The first-order chi connectivity index (χ1) is 7.15. The quantitative estimate of drug-likeness (QED) is 0.462. The molecule has 0 heterocycles. The van der Waals surface area contributed by atoms with Gasteiger partial charge in [0, 0.05) is 0 Å². The van der Waals surface area contributed by atoms with E-state index in [-0.39, 0.29) is 6.10 Å². The molecule has 0 fully saturated rings. The standard InChI is InChI=1S/C14H24O/c1-6-9-11-14(10-7-2)15-13(5)12(4)8-3/h6-7,9-13H,8H2,1-5H3/b9-6-,10-7-,14-11+. The predicted octanol–water partition coefficient (Wildman–Crippen LogP) is 4.47. The van der Waals surface area contributed by atoms with Crippen LogP contribution in [0, 0.1) is 5.92 Å². The summed E-state index contributed by atoms with van der Waals surface area (Å²) < 4.78 is 5.87. The number of hydrogen-bond donors (Lipinski definition) is 0. The monoisotopic (exact) mass is 208 g/mol. The molecule has 0 aromatic carbocycles. The smallest absolute Gasteiger partial charge is 0.119 e. The van der Waals surface area contributed by atoms with E-state index in [1.807, 2.05) is 44.2 Å². The molecule has 0 amide bonds. The highest BCUT2D eigenvalue weighted by Crippen LogP contribution is 2.15. The van der Waals surface area contributed by atoms with Crippen LogP contribution in [0.15, 0.2) is 36.1 Å². The molecule has 0 saturated heterocycles. The lowest BCUT2D eigenvalue weighted by atomic mass is 10.0. The van der Waals surface area contributed by atoms with Crippen LogP contribution in [0.1, 0.15) is 41.0 Å². The Hall–Kier alpha value is -0.980. The van der Waals surface area contributed by atoms with Crippen LogP contribution in [-0.2, 0) is 4.74 Å². The van der Waals surface area contributed by atoms with E-state index in [0.29, 0.717) is 5.92 Å². The molecule has 0 N–H and O–H groups in total. The maximum atomic E-state index is 5.87. The van der Waals surface area contributed by atoms with Crippen molar-refractivity contribution in [2.24, 2.45) is 5.92 Å². The Morgan fingerprint density at radius 1 is 1.20 bits per heavy atom. The number of rotatable bonds is 6. The first kappa shape index (κ1) is 14.0. The van der Waals surface area contributed by atoms with Gasteiger partial charge in [-0.25, -0.2) is 0 Å². The van der Waals surface area contributed by atoms with Crippen LogP contribution in [0.5, 0.6) is 0 Å². The highest BCUT2D eigenvalue weighted by molar-refractivity contribution is 5.17. The first-order valence-corrected chi connectivity index (χ1v) is 5.78. The molecule has 86 valence electrons. The molecule has 0 aromatic rings. The topological polar surface area (TPSA) is 9.23 Å². The van der Waals surface area contributed by atoms with Crippen LogP contribution in [0.4, 0.5) is 0 Å². The summed E-state index contributed by atoms with van der Waals surface area (Å²) in [6, 6.07) is 0. The molecular weight excluding hydrogens is 184 g/mol. The first-order valence-electron chi connectivity index (χ1n) is 5.78. The summed E-state index contributed by atoms with van der Waals surface area (Å²) in [5.74, 6) is 1.52. The highest BCUT2D eigenvalue weighted by atomic mass is 16.5. The Morgan fingerprint density at radius 3 is 2.33 bits per heavy atom. The Morgan fingerprint density at radius 2 is 1.87 bits per heavy atom. The van der Waals surface area contributed by atoms with Gasteiger partial charge < -0.3 is 4.74 Å². The Bertz CT molecular complexity index is 236. The van der Waals surface area contributed by atoms with E-state index in [1.54, 1.807) is 0 Å². The van der Waals surface area contributed by atoms with Gasteiger partial charge in [-0.05, 0) is 38.8 Å². The molecule has 15 heavy (non-hydrogen) atoms. The van der Waals surface area contributed by atoms with Crippen LogP contribution in [0.25, 0.3) is 0 Å². The molecule has 0 radical (unpaired) electrons. The molecule has 0 bridgehead atoms. The zero-order valence-corrected chi connectivity index (χ0v) is 10.7. The average Bonchev–Trinajstić information content (AvgIpc) is 2.24. The molecule has 0 rings (SSSR count). The van der Waals surface area contributed by atoms with Crippen molar-refractivity contribution in [3.8, 4) is 0 Å². The fourth-order valence-electron chi connectivity index (χ4n) is 1.15. The third-order valence-electron chi connectivity index (χ3n) is 2.55. The van der Waals surface area contributed by atoms with E-state index in [4.69, 9.17) is 4.74 Å². The van der Waals surface area contributed by atoms with E-state index in [0.717, 1.165) is 12.2 Å². The second kappa shape index (κ2) is 8.34. The van der Waals surface area contributed by atoms with Crippen molar-refractivity contribution in [1.29, 1.82) is 0 Å². The minimum Gasteiger partial charge on any atom is -0.490 e. The van der Waals surface area contributed by atoms with E-state index in [1.165, 1.54) is 0 Å². The van der Waals surface area contributed by atoms with E-state index < -0.39 is 0 Å². The van der Waals surface area contributed by atoms with Crippen molar-refractivity contribution in [3.63, 3.8) is 0 Å². The van der Waals surface area contributed by atoms with Crippen LogP contribution in [0.3, 0.4) is 0 Å². The normalized spacial score (nSPS) is 17.3. The molecule has 0 aliphatic carbocycles. The summed E-state index contributed by atoms with van der Waals surface area (Å²) in [5, 5.41) is 0. The summed E-state index contributed by atoms with van der Waals surface area (Å²) in [7, 11) is 0. The van der Waals surface area contributed by atoms with Gasteiger partial charge in [0.2, 0.25) is 0 Å². The van der Waals surface area contributed by atoms with Crippen LogP contribution in [-0.4, -0.2) is 6.10 Å². The van der Waals surface area contributed by atoms with Gasteiger partial charge in [0.1, 0.15) is 5.76 Å². The second-order valence-corrected chi connectivity index (χ2v) is 3.80. The van der Waals surface area contributed by atoms with Gasteiger partial charge >= 0.3 is 0 Å². The van der Waals surface area contributed by atoms with Crippen molar-refractivity contribution < 1.29 is 4.74 Å². The van der Waals surface area contributed by atoms with Crippen molar-refractivity contribution in [3.05, 3.63) is 36.1 Å². The minimum atomic E-state index is 0.266. The Kier molecular flexibility index (Phi) is 7.79. The van der Waals surface area contributed by atoms with Crippen molar-refractivity contribution in [2.45, 2.75) is 47.1 Å². The molecule has 0 aliphatic rings. The molecule has 2 unspecified atom stereocenters. The predicted molar refractivity (Wildman–Crippen MR) is 67.7 cm³/mol. The van der Waals surface area contributed by atoms with Crippen LogP contribution < -0.4 is 0 Å². The summed E-state index contributed by atoms with van der Waals surface area (Å²) in [5.41, 5.74) is 0. The largest absolute Gasteiger partial charge is 0.490 e. The van der Waals surface area contributed by atoms with E-state index >= 15 is 0 Å².